The number of hydrogen-bond donors (Lipinski definition) is 1. The minimum absolute atomic E-state index is 0.150. The number of carbonyl (C=O) groups is 1. The number of benzene rings is 2. The summed E-state index contributed by atoms with van der Waals surface area (Å²) in [7, 11) is 2.15. The predicted octanol–water partition coefficient (Wildman–Crippen LogP) is 3.65. The SMILES string of the molecule is C=C(C)COc1cccc(C(=O)Nc2ccc(N3CCN(C)CC3)cc2)c1. The van der Waals surface area contributed by atoms with E-state index in [4.69, 9.17) is 4.74 Å². The number of carbonyl (C=O) groups excluding carboxylic acids is 1. The van der Waals surface area contributed by atoms with Crippen LogP contribution in [0, 0.1) is 0 Å². The lowest BCUT2D eigenvalue weighted by molar-refractivity contribution is 0.102. The van der Waals surface area contributed by atoms with Gasteiger partial charge in [0, 0.05) is 43.1 Å². The molecule has 1 heterocycles. The molecule has 1 saturated heterocycles. The van der Waals surface area contributed by atoms with Gasteiger partial charge in [0.1, 0.15) is 12.4 Å². The van der Waals surface area contributed by atoms with Crippen LogP contribution >= 0.6 is 0 Å². The third-order valence-corrected chi connectivity index (χ3v) is 4.58. The van der Waals surface area contributed by atoms with Crippen LogP contribution in [0.5, 0.6) is 5.75 Å². The molecule has 5 heteroatoms. The van der Waals surface area contributed by atoms with Gasteiger partial charge in [0.15, 0.2) is 0 Å². The molecule has 0 saturated carbocycles. The van der Waals surface area contributed by atoms with Crippen molar-refractivity contribution in [3.8, 4) is 5.75 Å². The van der Waals surface area contributed by atoms with Gasteiger partial charge in [-0.2, -0.15) is 0 Å². The molecular weight excluding hydrogens is 338 g/mol. The summed E-state index contributed by atoms with van der Waals surface area (Å²) in [5.74, 6) is 0.513. The van der Waals surface area contributed by atoms with Crippen molar-refractivity contribution in [3.63, 3.8) is 0 Å². The van der Waals surface area contributed by atoms with Crippen molar-refractivity contribution in [2.45, 2.75) is 6.92 Å². The van der Waals surface area contributed by atoms with Crippen LogP contribution in [0.1, 0.15) is 17.3 Å². The third-order valence-electron chi connectivity index (χ3n) is 4.58. The molecule has 0 bridgehead atoms. The molecule has 2 aromatic carbocycles. The third kappa shape index (κ3) is 5.34. The molecule has 3 rings (SSSR count). The smallest absolute Gasteiger partial charge is 0.255 e. The fourth-order valence-electron chi connectivity index (χ4n) is 2.96. The summed E-state index contributed by atoms with van der Waals surface area (Å²) in [6.45, 7) is 10.4. The van der Waals surface area contributed by atoms with E-state index >= 15 is 0 Å². The maximum Gasteiger partial charge on any atom is 0.255 e. The van der Waals surface area contributed by atoms with Crippen molar-refractivity contribution >= 4 is 17.3 Å². The van der Waals surface area contributed by atoms with Crippen molar-refractivity contribution < 1.29 is 9.53 Å². The van der Waals surface area contributed by atoms with Gasteiger partial charge in [0.25, 0.3) is 5.91 Å². The van der Waals surface area contributed by atoms with E-state index < -0.39 is 0 Å². The van der Waals surface area contributed by atoms with Crippen LogP contribution in [0.3, 0.4) is 0 Å². The van der Waals surface area contributed by atoms with E-state index in [0.29, 0.717) is 17.9 Å². The largest absolute Gasteiger partial charge is 0.489 e. The molecule has 0 aliphatic carbocycles. The molecule has 0 radical (unpaired) electrons. The Kier molecular flexibility index (Phi) is 6.14. The second-order valence-electron chi connectivity index (χ2n) is 7.06. The topological polar surface area (TPSA) is 44.8 Å². The fraction of sp³-hybridized carbons (Fsp3) is 0.318. The van der Waals surface area contributed by atoms with Crippen LogP contribution in [0.25, 0.3) is 0 Å². The van der Waals surface area contributed by atoms with E-state index in [1.165, 1.54) is 5.69 Å². The highest BCUT2D eigenvalue weighted by Crippen LogP contribution is 2.20. The zero-order valence-electron chi connectivity index (χ0n) is 16.1. The Morgan fingerprint density at radius 1 is 1.11 bits per heavy atom. The molecule has 1 amide bonds. The minimum atomic E-state index is -0.150. The Hall–Kier alpha value is -2.79. The quantitative estimate of drug-likeness (QED) is 0.794. The molecule has 27 heavy (non-hydrogen) atoms. The first kappa shape index (κ1) is 19.0. The summed E-state index contributed by atoms with van der Waals surface area (Å²) in [6.07, 6.45) is 0. The minimum Gasteiger partial charge on any atom is -0.489 e. The fourth-order valence-corrected chi connectivity index (χ4v) is 2.96. The first-order valence-electron chi connectivity index (χ1n) is 9.23. The van der Waals surface area contributed by atoms with E-state index in [2.05, 4.69) is 40.9 Å². The maximum atomic E-state index is 12.5. The summed E-state index contributed by atoms with van der Waals surface area (Å²) in [6, 6.07) is 15.2. The number of nitrogens with zero attached hydrogens (tertiary/aromatic N) is 2. The van der Waals surface area contributed by atoms with Crippen molar-refractivity contribution in [1.29, 1.82) is 0 Å². The van der Waals surface area contributed by atoms with Crippen LogP contribution in [0.2, 0.25) is 0 Å². The first-order valence-corrected chi connectivity index (χ1v) is 9.23. The van der Waals surface area contributed by atoms with Crippen LogP contribution < -0.4 is 15.0 Å². The van der Waals surface area contributed by atoms with Gasteiger partial charge in [-0.15, -0.1) is 0 Å². The molecule has 2 aromatic rings. The number of rotatable bonds is 6. The lowest BCUT2D eigenvalue weighted by Gasteiger charge is -2.34. The first-order chi connectivity index (χ1) is 13.0. The molecule has 5 nitrogen and oxygen atoms in total. The van der Waals surface area contributed by atoms with Gasteiger partial charge in [-0.05, 0) is 62.0 Å². The highest BCUT2D eigenvalue weighted by atomic mass is 16.5. The predicted molar refractivity (Wildman–Crippen MR) is 111 cm³/mol. The van der Waals surface area contributed by atoms with Gasteiger partial charge in [-0.3, -0.25) is 4.79 Å². The lowest BCUT2D eigenvalue weighted by atomic mass is 10.2. The number of amides is 1. The van der Waals surface area contributed by atoms with E-state index in [1.54, 1.807) is 12.1 Å². The second kappa shape index (κ2) is 8.73. The number of ether oxygens (including phenoxy) is 1. The molecule has 0 unspecified atom stereocenters. The average Bonchev–Trinajstić information content (AvgIpc) is 2.68. The highest BCUT2D eigenvalue weighted by molar-refractivity contribution is 6.04. The lowest BCUT2D eigenvalue weighted by Crippen LogP contribution is -2.44. The standard InChI is InChI=1S/C22H27N3O2/c1-17(2)16-27-21-6-4-5-18(15-21)22(26)23-19-7-9-20(10-8-19)25-13-11-24(3)12-14-25/h4-10,15H,1,11-14,16H2,2-3H3,(H,23,26). The van der Waals surface area contributed by atoms with Gasteiger partial charge in [0.2, 0.25) is 0 Å². The zero-order chi connectivity index (χ0) is 19.2. The summed E-state index contributed by atoms with van der Waals surface area (Å²) in [4.78, 5) is 17.2. The highest BCUT2D eigenvalue weighted by Gasteiger charge is 2.14. The maximum absolute atomic E-state index is 12.5. The van der Waals surface area contributed by atoms with Crippen LogP contribution in [-0.4, -0.2) is 50.6 Å². The number of piperazine rings is 1. The van der Waals surface area contributed by atoms with E-state index in [-0.39, 0.29) is 5.91 Å². The van der Waals surface area contributed by atoms with Gasteiger partial charge in [-0.25, -0.2) is 0 Å². The number of hydrogen-bond acceptors (Lipinski definition) is 4. The molecule has 0 spiro atoms. The zero-order valence-corrected chi connectivity index (χ0v) is 16.1. The Balaban J connectivity index is 1.61. The van der Waals surface area contributed by atoms with Gasteiger partial charge >= 0.3 is 0 Å². The number of anilines is 2. The van der Waals surface area contributed by atoms with Crippen molar-refractivity contribution in [3.05, 3.63) is 66.2 Å². The molecule has 0 aromatic heterocycles. The number of likely N-dealkylation sites (N-methyl/N-ethyl adjacent to an activating group) is 1. The van der Waals surface area contributed by atoms with Gasteiger partial charge < -0.3 is 19.9 Å². The van der Waals surface area contributed by atoms with Crippen molar-refractivity contribution in [1.82, 2.24) is 4.90 Å². The second-order valence-corrected chi connectivity index (χ2v) is 7.06. The van der Waals surface area contributed by atoms with Crippen LogP contribution in [-0.2, 0) is 0 Å². The molecule has 1 fully saturated rings. The summed E-state index contributed by atoms with van der Waals surface area (Å²) < 4.78 is 5.61. The van der Waals surface area contributed by atoms with E-state index in [0.717, 1.165) is 37.4 Å². The van der Waals surface area contributed by atoms with Crippen molar-refractivity contribution in [2.75, 3.05) is 50.1 Å². The van der Waals surface area contributed by atoms with Crippen molar-refractivity contribution in [2.24, 2.45) is 0 Å². The van der Waals surface area contributed by atoms with Crippen LogP contribution in [0.15, 0.2) is 60.7 Å². The Morgan fingerprint density at radius 2 is 1.81 bits per heavy atom. The summed E-state index contributed by atoms with van der Waals surface area (Å²) in [5, 5.41) is 2.95. The van der Waals surface area contributed by atoms with E-state index in [1.807, 2.05) is 31.2 Å². The Morgan fingerprint density at radius 3 is 2.48 bits per heavy atom. The molecule has 142 valence electrons. The Bertz CT molecular complexity index is 793. The molecule has 1 aliphatic rings. The summed E-state index contributed by atoms with van der Waals surface area (Å²) in [5.41, 5.74) is 3.48. The van der Waals surface area contributed by atoms with E-state index in [9.17, 15) is 4.79 Å². The molecule has 1 N–H and O–H groups in total. The molecule has 1 aliphatic heterocycles. The molecule has 0 atom stereocenters. The monoisotopic (exact) mass is 365 g/mol. The van der Waals surface area contributed by atoms with Gasteiger partial charge in [0.05, 0.1) is 0 Å². The van der Waals surface area contributed by atoms with Gasteiger partial charge in [-0.1, -0.05) is 12.6 Å². The van der Waals surface area contributed by atoms with Crippen LogP contribution in [0.4, 0.5) is 11.4 Å². The Labute approximate surface area is 161 Å². The summed E-state index contributed by atoms with van der Waals surface area (Å²) >= 11 is 0. The average molecular weight is 365 g/mol. The molecular formula is C22H27N3O2. The normalized spacial score (nSPS) is 14.7. The number of nitrogens with one attached hydrogen (secondary N) is 1.